The summed E-state index contributed by atoms with van der Waals surface area (Å²) in [5.41, 5.74) is 3.46. The van der Waals surface area contributed by atoms with Gasteiger partial charge in [0.25, 0.3) is 0 Å². The lowest BCUT2D eigenvalue weighted by Crippen LogP contribution is -2.43. The van der Waals surface area contributed by atoms with Gasteiger partial charge in [-0.3, -0.25) is 0 Å². The molecule has 0 amide bonds. The summed E-state index contributed by atoms with van der Waals surface area (Å²) in [6.07, 6.45) is 2.55. The van der Waals surface area contributed by atoms with Gasteiger partial charge in [-0.05, 0) is 55.2 Å². The van der Waals surface area contributed by atoms with E-state index in [0.29, 0.717) is 17.9 Å². The van der Waals surface area contributed by atoms with Gasteiger partial charge in [-0.25, -0.2) is 8.42 Å². The molecule has 0 radical (unpaired) electrons. The third kappa shape index (κ3) is 3.62. The maximum atomic E-state index is 13.6. The van der Waals surface area contributed by atoms with Crippen molar-refractivity contribution < 1.29 is 13.5 Å². The third-order valence-corrected chi connectivity index (χ3v) is 8.15. The Morgan fingerprint density at radius 2 is 2.03 bits per heavy atom. The molecule has 0 saturated carbocycles. The molecule has 0 aliphatic carbocycles. The highest BCUT2D eigenvalue weighted by molar-refractivity contribution is 7.89. The quantitative estimate of drug-likeness (QED) is 0.735. The average Bonchev–Trinajstić information content (AvgIpc) is 3.20. The molecule has 6 heteroatoms. The van der Waals surface area contributed by atoms with Crippen molar-refractivity contribution in [3.63, 3.8) is 0 Å². The van der Waals surface area contributed by atoms with Crippen LogP contribution in [0.1, 0.15) is 48.9 Å². The van der Waals surface area contributed by atoms with E-state index in [9.17, 15) is 13.5 Å². The predicted molar refractivity (Wildman–Crippen MR) is 119 cm³/mol. The van der Waals surface area contributed by atoms with E-state index in [1.54, 1.807) is 16.4 Å². The van der Waals surface area contributed by atoms with Crippen LogP contribution in [0.15, 0.2) is 47.4 Å². The second-order valence-corrected chi connectivity index (χ2v) is 9.92. The Bertz CT molecular complexity index is 1100. The van der Waals surface area contributed by atoms with Crippen molar-refractivity contribution >= 4 is 15.7 Å². The number of nitrogens with zero attached hydrogens (tertiary/aromatic N) is 1. The molecule has 4 rings (SSSR count). The van der Waals surface area contributed by atoms with Crippen molar-refractivity contribution in [3.8, 4) is 11.8 Å². The molecule has 2 aliphatic rings. The summed E-state index contributed by atoms with van der Waals surface area (Å²) in [4.78, 5) is 0.352. The van der Waals surface area contributed by atoms with E-state index in [-0.39, 0.29) is 24.6 Å². The Hall–Kier alpha value is -2.33. The number of hydrogen-bond acceptors (Lipinski definition) is 4. The molecule has 2 heterocycles. The molecule has 1 fully saturated rings. The minimum absolute atomic E-state index is 0.0140. The topological polar surface area (TPSA) is 69.6 Å². The number of aliphatic hydroxyl groups excluding tert-OH is 1. The lowest BCUT2D eigenvalue weighted by molar-refractivity contribution is 0.210. The zero-order valence-electron chi connectivity index (χ0n) is 17.4. The first kappa shape index (κ1) is 20.9. The van der Waals surface area contributed by atoms with Crippen molar-refractivity contribution in [2.45, 2.75) is 50.1 Å². The predicted octanol–water partition coefficient (Wildman–Crippen LogP) is 3.68. The molecule has 5 nitrogen and oxygen atoms in total. The van der Waals surface area contributed by atoms with Gasteiger partial charge in [-0.2, -0.15) is 4.31 Å². The van der Waals surface area contributed by atoms with Gasteiger partial charge in [-0.15, -0.1) is 0 Å². The maximum Gasteiger partial charge on any atom is 0.243 e. The van der Waals surface area contributed by atoms with Crippen LogP contribution in [-0.4, -0.2) is 37.0 Å². The number of aliphatic hydroxyl groups is 1. The molecule has 2 aliphatic heterocycles. The molecular weight excluding hydrogens is 396 g/mol. The number of anilines is 1. The van der Waals surface area contributed by atoms with Crippen LogP contribution in [0.2, 0.25) is 0 Å². The van der Waals surface area contributed by atoms with Gasteiger partial charge in [-0.1, -0.05) is 37.0 Å². The minimum atomic E-state index is -3.66. The molecule has 0 unspecified atom stereocenters. The molecular formula is C24H28N2O3S. The molecule has 158 valence electrons. The maximum absolute atomic E-state index is 13.6. The van der Waals surface area contributed by atoms with Crippen LogP contribution < -0.4 is 5.32 Å². The Kier molecular flexibility index (Phi) is 5.88. The summed E-state index contributed by atoms with van der Waals surface area (Å²) >= 11 is 0. The van der Waals surface area contributed by atoms with E-state index in [0.717, 1.165) is 35.2 Å². The average molecular weight is 425 g/mol. The monoisotopic (exact) mass is 424 g/mol. The van der Waals surface area contributed by atoms with Gasteiger partial charge in [0.05, 0.1) is 23.6 Å². The highest BCUT2D eigenvalue weighted by Gasteiger charge is 2.48. The number of sulfonamides is 1. The normalized spacial score (nSPS) is 23.1. The van der Waals surface area contributed by atoms with Crippen LogP contribution in [0.5, 0.6) is 0 Å². The summed E-state index contributed by atoms with van der Waals surface area (Å²) < 4.78 is 28.9. The lowest BCUT2D eigenvalue weighted by Gasteiger charge is -2.39. The molecule has 3 atom stereocenters. The van der Waals surface area contributed by atoms with Gasteiger partial charge >= 0.3 is 0 Å². The second kappa shape index (κ2) is 8.43. The van der Waals surface area contributed by atoms with Gasteiger partial charge in [0, 0.05) is 30.1 Å². The molecule has 30 heavy (non-hydrogen) atoms. The van der Waals surface area contributed by atoms with Crippen LogP contribution in [0.25, 0.3) is 0 Å². The molecule has 0 bridgehead atoms. The summed E-state index contributed by atoms with van der Waals surface area (Å²) in [6.45, 7) is 4.33. The highest BCUT2D eigenvalue weighted by atomic mass is 32.2. The summed E-state index contributed by atoms with van der Waals surface area (Å²) in [6, 6.07) is 12.6. The first-order valence-corrected chi connectivity index (χ1v) is 12.0. The van der Waals surface area contributed by atoms with Crippen molar-refractivity contribution in [2.24, 2.45) is 5.92 Å². The number of hydrogen-bond donors (Lipinski definition) is 2. The Balaban J connectivity index is 1.80. The molecule has 1 saturated heterocycles. The first-order chi connectivity index (χ1) is 14.5. The standard InChI is InChI=1S/C24H28N2O3S/c1-3-4-5-9-18-11-12-21-20(15-18)24-19(22(16-27)25-21)13-14-26(24)30(28,29)23-10-7-6-8-17(23)2/h6-8,10-12,15,19,22,24-25,27H,3-4,13-14,16H2,1-2H3/t19-,22-,24-/m1/s1. The largest absolute Gasteiger partial charge is 0.394 e. The number of fused-ring (bicyclic) bond motifs is 3. The molecule has 2 N–H and O–H groups in total. The van der Waals surface area contributed by atoms with Gasteiger partial charge in [0.2, 0.25) is 10.0 Å². The highest BCUT2D eigenvalue weighted by Crippen LogP contribution is 2.48. The number of aryl methyl sites for hydroxylation is 1. The van der Waals surface area contributed by atoms with Crippen molar-refractivity contribution in [1.29, 1.82) is 0 Å². The van der Waals surface area contributed by atoms with Crippen LogP contribution in [-0.2, 0) is 10.0 Å². The number of rotatable bonds is 4. The SMILES string of the molecule is CCCC#Cc1ccc2c(c1)[C@H]1[C@H](CCN1S(=O)(=O)c1ccccc1C)[C@@H](CO)N2. The Labute approximate surface area is 179 Å². The number of nitrogens with one attached hydrogen (secondary N) is 1. The number of benzene rings is 2. The second-order valence-electron chi connectivity index (χ2n) is 8.07. The lowest BCUT2D eigenvalue weighted by atomic mass is 9.83. The minimum Gasteiger partial charge on any atom is -0.394 e. The fraction of sp³-hybridized carbons (Fsp3) is 0.417. The fourth-order valence-corrected chi connectivity index (χ4v) is 6.52. The van der Waals surface area contributed by atoms with Crippen molar-refractivity contribution in [3.05, 3.63) is 59.2 Å². The first-order valence-electron chi connectivity index (χ1n) is 10.5. The summed E-state index contributed by atoms with van der Waals surface area (Å²) in [7, 11) is -3.66. The third-order valence-electron chi connectivity index (χ3n) is 6.11. The zero-order chi connectivity index (χ0) is 21.3. The van der Waals surface area contributed by atoms with Gasteiger partial charge < -0.3 is 10.4 Å². The van der Waals surface area contributed by atoms with Crippen LogP contribution >= 0.6 is 0 Å². The van der Waals surface area contributed by atoms with Crippen LogP contribution in [0.4, 0.5) is 5.69 Å². The summed E-state index contributed by atoms with van der Waals surface area (Å²) in [5.74, 6) is 6.38. The van der Waals surface area contributed by atoms with Gasteiger partial charge in [0.1, 0.15) is 0 Å². The number of unbranched alkanes of at least 4 members (excludes halogenated alkanes) is 1. The van der Waals surface area contributed by atoms with Crippen LogP contribution in [0, 0.1) is 24.7 Å². The molecule has 2 aromatic carbocycles. The molecule has 0 spiro atoms. The van der Waals surface area contributed by atoms with Crippen molar-refractivity contribution in [1.82, 2.24) is 4.31 Å². The van der Waals surface area contributed by atoms with E-state index in [4.69, 9.17) is 0 Å². The van der Waals surface area contributed by atoms with E-state index < -0.39 is 10.0 Å². The van der Waals surface area contributed by atoms with E-state index in [1.807, 2.05) is 37.3 Å². The molecule has 2 aromatic rings. The Morgan fingerprint density at radius 3 is 2.77 bits per heavy atom. The van der Waals surface area contributed by atoms with E-state index in [1.165, 1.54) is 0 Å². The van der Waals surface area contributed by atoms with Crippen LogP contribution in [0.3, 0.4) is 0 Å². The molecule has 0 aromatic heterocycles. The fourth-order valence-electron chi connectivity index (χ4n) is 4.63. The zero-order valence-corrected chi connectivity index (χ0v) is 18.2. The van der Waals surface area contributed by atoms with Crippen molar-refractivity contribution in [2.75, 3.05) is 18.5 Å². The smallest absolute Gasteiger partial charge is 0.243 e. The van der Waals surface area contributed by atoms with Gasteiger partial charge in [0.15, 0.2) is 0 Å². The summed E-state index contributed by atoms with van der Waals surface area (Å²) in [5, 5.41) is 13.4. The van der Waals surface area contributed by atoms with E-state index in [2.05, 4.69) is 24.1 Å². The van der Waals surface area contributed by atoms with E-state index >= 15 is 0 Å². The Morgan fingerprint density at radius 1 is 1.23 bits per heavy atom.